The number of carbonyl (C=O) groups excluding carboxylic acids is 1. The molecule has 1 N–H and O–H groups in total. The minimum Gasteiger partial charge on any atom is -0.339 e. The summed E-state index contributed by atoms with van der Waals surface area (Å²) in [5.74, 6) is 0.400. The average Bonchev–Trinajstić information content (AvgIpc) is 3.15. The number of carbonyl (C=O) groups is 1. The monoisotopic (exact) mass is 313 g/mol. The summed E-state index contributed by atoms with van der Waals surface area (Å²) < 4.78 is 1.72. The van der Waals surface area contributed by atoms with Crippen molar-refractivity contribution < 1.29 is 4.79 Å². The van der Waals surface area contributed by atoms with Gasteiger partial charge in [-0.3, -0.25) is 4.79 Å². The fraction of sp³-hybridized carbons (Fsp3) is 0.471. The Morgan fingerprint density at radius 2 is 2.00 bits per heavy atom. The number of hydrogen-bond acceptors (Lipinski definition) is 4. The number of aromatic nitrogens is 3. The molecule has 1 aliphatic rings. The van der Waals surface area contributed by atoms with Gasteiger partial charge in [-0.15, -0.1) is 0 Å². The van der Waals surface area contributed by atoms with E-state index in [9.17, 15) is 4.79 Å². The van der Waals surface area contributed by atoms with Crippen LogP contribution in [0.2, 0.25) is 0 Å². The maximum Gasteiger partial charge on any atom is 0.226 e. The highest BCUT2D eigenvalue weighted by Gasteiger charge is 2.26. The van der Waals surface area contributed by atoms with E-state index in [1.807, 2.05) is 36.2 Å². The van der Waals surface area contributed by atoms with Crippen LogP contribution in [0.5, 0.6) is 0 Å². The van der Waals surface area contributed by atoms with Gasteiger partial charge in [-0.05, 0) is 50.6 Å². The van der Waals surface area contributed by atoms with E-state index in [1.165, 1.54) is 6.33 Å². The number of nitrogens with zero attached hydrogens (tertiary/aromatic N) is 4. The van der Waals surface area contributed by atoms with Gasteiger partial charge in [0.15, 0.2) is 0 Å². The third kappa shape index (κ3) is 3.42. The summed E-state index contributed by atoms with van der Waals surface area (Å²) >= 11 is 0. The van der Waals surface area contributed by atoms with Gasteiger partial charge in [0, 0.05) is 13.0 Å². The van der Waals surface area contributed by atoms with Crippen LogP contribution in [0.3, 0.4) is 0 Å². The van der Waals surface area contributed by atoms with Crippen LogP contribution in [0.15, 0.2) is 36.9 Å². The van der Waals surface area contributed by atoms with Crippen LogP contribution >= 0.6 is 0 Å². The number of nitrogens with one attached hydrogen (secondary N) is 1. The highest BCUT2D eigenvalue weighted by atomic mass is 16.2. The molecule has 122 valence electrons. The minimum atomic E-state index is 0.0576. The van der Waals surface area contributed by atoms with Gasteiger partial charge in [-0.25, -0.2) is 9.67 Å². The van der Waals surface area contributed by atoms with Crippen molar-refractivity contribution in [2.24, 2.45) is 5.92 Å². The number of benzene rings is 1. The smallest absolute Gasteiger partial charge is 0.226 e. The van der Waals surface area contributed by atoms with Crippen molar-refractivity contribution in [3.05, 3.63) is 42.5 Å². The van der Waals surface area contributed by atoms with E-state index < -0.39 is 0 Å². The maximum absolute atomic E-state index is 12.6. The standard InChI is InChI=1S/C17H23N5O/c1-13(21(2)17(23)15-7-9-18-10-8-15)14-3-5-16(6-4-14)22-12-19-11-20-22/h3-6,11-13,15,18H,7-10H2,1-2H3. The molecule has 1 aromatic carbocycles. The molecule has 1 atom stereocenters. The Kier molecular flexibility index (Phi) is 4.71. The molecule has 1 fully saturated rings. The Morgan fingerprint density at radius 3 is 2.61 bits per heavy atom. The van der Waals surface area contributed by atoms with Gasteiger partial charge in [0.2, 0.25) is 5.91 Å². The lowest BCUT2D eigenvalue weighted by molar-refractivity contribution is -0.137. The third-order valence-corrected chi connectivity index (χ3v) is 4.68. The van der Waals surface area contributed by atoms with Gasteiger partial charge >= 0.3 is 0 Å². The molecule has 1 aliphatic heterocycles. The molecule has 0 saturated carbocycles. The van der Waals surface area contributed by atoms with E-state index >= 15 is 0 Å². The van der Waals surface area contributed by atoms with Gasteiger partial charge in [0.1, 0.15) is 12.7 Å². The number of rotatable bonds is 4. The van der Waals surface area contributed by atoms with Crippen molar-refractivity contribution in [1.82, 2.24) is 25.0 Å². The SMILES string of the molecule is CC(c1ccc(-n2cncn2)cc1)N(C)C(=O)C1CCNCC1. The number of hydrogen-bond donors (Lipinski definition) is 1. The summed E-state index contributed by atoms with van der Waals surface area (Å²) in [5.41, 5.74) is 2.09. The average molecular weight is 313 g/mol. The first-order chi connectivity index (χ1) is 11.2. The van der Waals surface area contributed by atoms with E-state index in [4.69, 9.17) is 0 Å². The van der Waals surface area contributed by atoms with Crippen LogP contribution in [0.4, 0.5) is 0 Å². The summed E-state index contributed by atoms with van der Waals surface area (Å²) in [6, 6.07) is 8.16. The molecular weight excluding hydrogens is 290 g/mol. The van der Waals surface area contributed by atoms with Crippen LogP contribution in [0.1, 0.15) is 31.4 Å². The van der Waals surface area contributed by atoms with Crippen molar-refractivity contribution in [2.45, 2.75) is 25.8 Å². The van der Waals surface area contributed by atoms with Crippen LogP contribution in [0, 0.1) is 5.92 Å². The Balaban J connectivity index is 1.69. The van der Waals surface area contributed by atoms with Crippen LogP contribution in [0.25, 0.3) is 5.69 Å². The molecule has 23 heavy (non-hydrogen) atoms. The summed E-state index contributed by atoms with van der Waals surface area (Å²) in [6.45, 7) is 3.94. The molecule has 0 bridgehead atoms. The molecule has 6 heteroatoms. The van der Waals surface area contributed by atoms with Gasteiger partial charge in [0.25, 0.3) is 0 Å². The molecular formula is C17H23N5O. The van der Waals surface area contributed by atoms with Gasteiger partial charge < -0.3 is 10.2 Å². The van der Waals surface area contributed by atoms with E-state index in [0.29, 0.717) is 0 Å². The summed E-state index contributed by atoms with van der Waals surface area (Å²) in [6.07, 6.45) is 5.05. The maximum atomic E-state index is 12.6. The molecule has 1 aromatic heterocycles. The molecule has 0 radical (unpaired) electrons. The molecule has 1 saturated heterocycles. The van der Waals surface area contributed by atoms with Crippen molar-refractivity contribution in [1.29, 1.82) is 0 Å². The molecule has 0 aliphatic carbocycles. The van der Waals surface area contributed by atoms with Gasteiger partial charge in [-0.2, -0.15) is 5.10 Å². The highest BCUT2D eigenvalue weighted by molar-refractivity contribution is 5.79. The fourth-order valence-corrected chi connectivity index (χ4v) is 3.02. The van der Waals surface area contributed by atoms with E-state index in [0.717, 1.165) is 37.2 Å². The largest absolute Gasteiger partial charge is 0.339 e. The number of amides is 1. The van der Waals surface area contributed by atoms with Gasteiger partial charge in [0.05, 0.1) is 11.7 Å². The number of piperidine rings is 1. The van der Waals surface area contributed by atoms with Crippen LogP contribution < -0.4 is 5.32 Å². The lowest BCUT2D eigenvalue weighted by atomic mass is 9.95. The Labute approximate surface area is 136 Å². The lowest BCUT2D eigenvalue weighted by Gasteiger charge is -2.31. The fourth-order valence-electron chi connectivity index (χ4n) is 3.02. The Hall–Kier alpha value is -2.21. The quantitative estimate of drug-likeness (QED) is 0.935. The lowest BCUT2D eigenvalue weighted by Crippen LogP contribution is -2.40. The van der Waals surface area contributed by atoms with Crippen molar-refractivity contribution in [3.8, 4) is 5.69 Å². The summed E-state index contributed by atoms with van der Waals surface area (Å²) in [7, 11) is 1.90. The molecule has 2 heterocycles. The van der Waals surface area contributed by atoms with Crippen LogP contribution in [-0.2, 0) is 4.79 Å². The Morgan fingerprint density at radius 1 is 1.30 bits per heavy atom. The summed E-state index contributed by atoms with van der Waals surface area (Å²) in [4.78, 5) is 18.5. The second-order valence-corrected chi connectivity index (χ2v) is 6.08. The van der Waals surface area contributed by atoms with Crippen molar-refractivity contribution >= 4 is 5.91 Å². The highest BCUT2D eigenvalue weighted by Crippen LogP contribution is 2.24. The van der Waals surface area contributed by atoms with Gasteiger partial charge in [-0.1, -0.05) is 12.1 Å². The van der Waals surface area contributed by atoms with Crippen molar-refractivity contribution in [2.75, 3.05) is 20.1 Å². The topological polar surface area (TPSA) is 63.1 Å². The molecule has 0 spiro atoms. The summed E-state index contributed by atoms with van der Waals surface area (Å²) in [5, 5.41) is 7.43. The first kappa shape index (κ1) is 15.7. The zero-order valence-electron chi connectivity index (χ0n) is 13.6. The molecule has 1 amide bonds. The zero-order valence-corrected chi connectivity index (χ0v) is 13.6. The van der Waals surface area contributed by atoms with E-state index in [1.54, 1.807) is 11.0 Å². The molecule has 3 rings (SSSR count). The second kappa shape index (κ2) is 6.91. The van der Waals surface area contributed by atoms with E-state index in [2.05, 4.69) is 22.3 Å². The first-order valence-electron chi connectivity index (χ1n) is 8.09. The third-order valence-electron chi connectivity index (χ3n) is 4.68. The second-order valence-electron chi connectivity index (χ2n) is 6.08. The van der Waals surface area contributed by atoms with Crippen LogP contribution in [-0.4, -0.2) is 45.7 Å². The predicted octanol–water partition coefficient (Wildman–Crippen LogP) is 1.79. The van der Waals surface area contributed by atoms with E-state index in [-0.39, 0.29) is 17.9 Å². The normalized spacial score (nSPS) is 17.0. The molecule has 2 aromatic rings. The Bertz CT molecular complexity index is 632. The van der Waals surface area contributed by atoms with Crippen molar-refractivity contribution in [3.63, 3.8) is 0 Å². The zero-order chi connectivity index (χ0) is 16.2. The molecule has 1 unspecified atom stereocenters. The minimum absolute atomic E-state index is 0.0576. The first-order valence-corrected chi connectivity index (χ1v) is 8.09. The predicted molar refractivity (Wildman–Crippen MR) is 88.1 cm³/mol. The molecule has 6 nitrogen and oxygen atoms in total.